The average molecular weight is 1700 g/mol. The molecular formula is C111H82ClFN6O9. The number of hydrogen-bond donors (Lipinski definition) is 0. The van der Waals surface area contributed by atoms with Gasteiger partial charge in [-0.25, -0.2) is 19.3 Å². The summed E-state index contributed by atoms with van der Waals surface area (Å²) in [6.07, 6.45) is 11.1. The standard InChI is InChI=1S/C39H32N2O5.C36H25ClN2O2.C36H25FN2O2/c1-25-20-26(10-11-27-12-15-30-24-31(43-2)17-16-29(30)21-27)13-18-34(25)41-37(40-33-9-7-6-8-32(33)39(41)42)19-14-28-22-35(44-3)38(46-5)36(23-28)45-4;2*1-24-21-26(7-8-27-9-14-29-23-31(41-2)18-15-28(29)22-27)12-19-34(24)39-35(20-13-25-10-16-30(37)17-11-25)38-33-6-4-3-5-32(33)36(39)40/h6-9,12-24H,1-5H3;2*3-6,9-23H,1-2H3/b19-14+;2*20-13+. The number of aromatic nitrogens is 6. The molecule has 17 heteroatoms. The number of benzene rings is 15. The van der Waals surface area contributed by atoms with Crippen molar-refractivity contribution in [3.8, 4) is 87.1 Å². The molecule has 3 heterocycles. The van der Waals surface area contributed by atoms with Crippen LogP contribution in [0, 0.1) is 62.1 Å². The van der Waals surface area contributed by atoms with Gasteiger partial charge >= 0.3 is 0 Å². The first-order valence-electron chi connectivity index (χ1n) is 40.9. The van der Waals surface area contributed by atoms with Crippen LogP contribution in [0.15, 0.2) is 312 Å². The molecule has 15 aromatic carbocycles. The van der Waals surface area contributed by atoms with Crippen LogP contribution in [0.25, 0.3) is 119 Å². The van der Waals surface area contributed by atoms with Gasteiger partial charge in [0.1, 0.15) is 40.5 Å². The molecule has 128 heavy (non-hydrogen) atoms. The first-order valence-corrected chi connectivity index (χ1v) is 41.3. The highest BCUT2D eigenvalue weighted by Gasteiger charge is 2.19. The van der Waals surface area contributed by atoms with E-state index in [9.17, 15) is 18.8 Å². The summed E-state index contributed by atoms with van der Waals surface area (Å²) in [6, 6.07) is 93.2. The maximum atomic E-state index is 13.9. The lowest BCUT2D eigenvalue weighted by Gasteiger charge is -2.15. The quantitative estimate of drug-likeness (QED) is 0.0895. The van der Waals surface area contributed by atoms with E-state index in [-0.39, 0.29) is 22.5 Å². The number of ether oxygens (including phenoxy) is 6. The lowest BCUT2D eigenvalue weighted by atomic mass is 10.1. The van der Waals surface area contributed by atoms with Gasteiger partial charge in [-0.05, 0) is 305 Å². The fourth-order valence-electron chi connectivity index (χ4n) is 15.0. The van der Waals surface area contributed by atoms with Crippen LogP contribution in [-0.2, 0) is 0 Å². The van der Waals surface area contributed by atoms with Crippen molar-refractivity contribution in [2.24, 2.45) is 0 Å². The molecular weight excluding hydrogens is 1620 g/mol. The average Bonchev–Trinajstić information content (AvgIpc) is 0.772. The van der Waals surface area contributed by atoms with Crippen molar-refractivity contribution in [3.05, 3.63) is 423 Å². The summed E-state index contributed by atoms with van der Waals surface area (Å²) < 4.78 is 50.8. The van der Waals surface area contributed by atoms with E-state index in [2.05, 4.69) is 59.8 Å². The Morgan fingerprint density at radius 3 is 0.898 bits per heavy atom. The molecule has 0 aliphatic rings. The second-order valence-corrected chi connectivity index (χ2v) is 30.4. The van der Waals surface area contributed by atoms with Gasteiger partial charge in [0, 0.05) is 38.4 Å². The van der Waals surface area contributed by atoms with E-state index in [1.165, 1.54) is 12.1 Å². The minimum atomic E-state index is -0.303. The van der Waals surface area contributed by atoms with Crippen molar-refractivity contribution in [1.29, 1.82) is 0 Å². The van der Waals surface area contributed by atoms with Crippen molar-refractivity contribution in [2.45, 2.75) is 20.8 Å². The van der Waals surface area contributed by atoms with Gasteiger partial charge in [0.2, 0.25) is 5.75 Å². The minimum absolute atomic E-state index is 0.124. The SMILES string of the molecule is COc1ccc2cc(C#Cc3ccc(-n4c(/C=C/c5cc(OC)c(OC)c(OC)c5)nc5ccccc5c4=O)c(C)c3)ccc2c1.COc1ccc2cc(C#Cc3ccc(-n4c(/C=C/c5ccc(Cl)cc5)nc5ccccc5c4=O)c(C)c3)ccc2c1.COc1ccc2cc(C#Cc3ccc(-n4c(/C=C/c5ccc(F)cc5)nc5ccccc5c4=O)c(C)c3)ccc2c1. The third-order valence-corrected chi connectivity index (χ3v) is 21.9. The van der Waals surface area contributed by atoms with E-state index in [4.69, 9.17) is 55.0 Å². The van der Waals surface area contributed by atoms with Crippen molar-refractivity contribution in [3.63, 3.8) is 0 Å². The lowest BCUT2D eigenvalue weighted by molar-refractivity contribution is 0.324. The van der Waals surface area contributed by atoms with Crippen LogP contribution in [0.4, 0.5) is 4.39 Å². The second-order valence-electron chi connectivity index (χ2n) is 30.0. The zero-order valence-corrected chi connectivity index (χ0v) is 72.1. The summed E-state index contributed by atoms with van der Waals surface area (Å²) in [5.41, 5.74) is 14.2. The first-order chi connectivity index (χ1) is 62.4. The number of hydrogen-bond acceptors (Lipinski definition) is 12. The smallest absolute Gasteiger partial charge is 0.266 e. The number of nitrogens with zero attached hydrogens (tertiary/aromatic N) is 6. The van der Waals surface area contributed by atoms with Gasteiger partial charge in [0.05, 0.1) is 92.4 Å². The Labute approximate surface area is 743 Å². The number of rotatable bonds is 15. The highest BCUT2D eigenvalue weighted by atomic mass is 35.5. The van der Waals surface area contributed by atoms with E-state index in [1.54, 1.807) is 86.7 Å². The van der Waals surface area contributed by atoms with Crippen LogP contribution < -0.4 is 45.1 Å². The Hall–Kier alpha value is -16.6. The van der Waals surface area contributed by atoms with Gasteiger partial charge in [0.25, 0.3) is 16.7 Å². The van der Waals surface area contributed by atoms with Gasteiger partial charge in [0.15, 0.2) is 11.5 Å². The van der Waals surface area contributed by atoms with Gasteiger partial charge in [-0.2, -0.15) is 0 Å². The van der Waals surface area contributed by atoms with Crippen LogP contribution in [0.5, 0.6) is 34.5 Å². The Bertz CT molecular complexity index is 7560. The lowest BCUT2D eigenvalue weighted by Crippen LogP contribution is -2.23. The second kappa shape index (κ2) is 38.5. The van der Waals surface area contributed by atoms with E-state index < -0.39 is 0 Å². The fraction of sp³-hybridized carbons (Fsp3) is 0.0811. The van der Waals surface area contributed by atoms with E-state index >= 15 is 0 Å². The molecule has 0 spiro atoms. The molecule has 18 aromatic rings. The zero-order chi connectivity index (χ0) is 88.9. The molecule has 0 aliphatic carbocycles. The van der Waals surface area contributed by atoms with Crippen LogP contribution >= 0.6 is 11.6 Å². The Morgan fingerprint density at radius 2 is 0.586 bits per heavy atom. The summed E-state index contributed by atoms with van der Waals surface area (Å²) in [6.45, 7) is 5.91. The molecule has 3 aromatic heterocycles. The number of halogens is 2. The van der Waals surface area contributed by atoms with Crippen LogP contribution in [-0.4, -0.2) is 71.3 Å². The molecule has 0 saturated carbocycles. The maximum Gasteiger partial charge on any atom is 0.266 e. The maximum absolute atomic E-state index is 13.9. The molecule has 0 N–H and O–H groups in total. The first kappa shape index (κ1) is 85.0. The molecule has 0 fully saturated rings. The van der Waals surface area contributed by atoms with E-state index in [1.807, 2.05) is 288 Å². The fourth-order valence-corrected chi connectivity index (χ4v) is 15.1. The van der Waals surface area contributed by atoms with Gasteiger partial charge in [-0.3, -0.25) is 28.1 Å². The topological polar surface area (TPSA) is 160 Å². The molecule has 18 rings (SSSR count). The van der Waals surface area contributed by atoms with Crippen molar-refractivity contribution in [1.82, 2.24) is 28.7 Å². The normalized spacial score (nSPS) is 11.1. The summed E-state index contributed by atoms with van der Waals surface area (Å²) >= 11 is 6.05. The van der Waals surface area contributed by atoms with Crippen LogP contribution in [0.3, 0.4) is 0 Å². The largest absolute Gasteiger partial charge is 0.497 e. The van der Waals surface area contributed by atoms with Crippen LogP contribution in [0.1, 0.15) is 84.2 Å². The van der Waals surface area contributed by atoms with E-state index in [0.29, 0.717) is 72.5 Å². The van der Waals surface area contributed by atoms with Crippen molar-refractivity contribution < 1.29 is 32.8 Å². The Morgan fingerprint density at radius 1 is 0.297 bits per heavy atom. The van der Waals surface area contributed by atoms with Gasteiger partial charge in [-0.15, -0.1) is 0 Å². The third-order valence-electron chi connectivity index (χ3n) is 21.6. The van der Waals surface area contributed by atoms with Crippen molar-refractivity contribution >= 4 is 113 Å². The number of methoxy groups -OCH3 is 6. The molecule has 0 atom stereocenters. The molecule has 0 saturated heterocycles. The summed E-state index contributed by atoms with van der Waals surface area (Å²) in [4.78, 5) is 55.9. The summed E-state index contributed by atoms with van der Waals surface area (Å²) in [5.74, 6) is 24.8. The molecule has 0 bridgehead atoms. The van der Waals surface area contributed by atoms with Gasteiger partial charge < -0.3 is 28.4 Å². The number of fused-ring (bicyclic) bond motifs is 6. The zero-order valence-electron chi connectivity index (χ0n) is 71.4. The summed E-state index contributed by atoms with van der Waals surface area (Å²) in [7, 11) is 9.70. The summed E-state index contributed by atoms with van der Waals surface area (Å²) in [5, 5.41) is 8.87. The molecule has 0 radical (unpaired) electrons. The Balaban J connectivity index is 0.000000141. The molecule has 15 nitrogen and oxygen atoms in total. The third kappa shape index (κ3) is 19.1. The predicted molar refractivity (Wildman–Crippen MR) is 516 cm³/mol. The molecule has 0 unspecified atom stereocenters. The number of para-hydroxylation sites is 3. The Kier molecular flexibility index (Phi) is 25.5. The molecule has 0 aliphatic heterocycles. The highest BCUT2D eigenvalue weighted by molar-refractivity contribution is 6.30. The van der Waals surface area contributed by atoms with Crippen molar-refractivity contribution in [2.75, 3.05) is 42.7 Å². The molecule has 624 valence electrons. The monoisotopic (exact) mass is 1700 g/mol. The highest BCUT2D eigenvalue weighted by Crippen LogP contribution is 2.39. The minimum Gasteiger partial charge on any atom is -0.497 e. The van der Waals surface area contributed by atoms with Gasteiger partial charge in [-0.1, -0.05) is 162 Å². The molecule has 0 amide bonds. The van der Waals surface area contributed by atoms with Crippen LogP contribution in [0.2, 0.25) is 5.02 Å². The van der Waals surface area contributed by atoms with E-state index in [0.717, 1.165) is 133 Å². The predicted octanol–water partition coefficient (Wildman–Crippen LogP) is 23.1. The number of aryl methyl sites for hydroxylation is 3.